The molecule has 1 rings (SSSR count). The Bertz CT molecular complexity index is 284. The fourth-order valence-corrected chi connectivity index (χ4v) is 1.94. The summed E-state index contributed by atoms with van der Waals surface area (Å²) in [6, 6.07) is 5.46. The highest BCUT2D eigenvalue weighted by atomic mass is 79.9. The van der Waals surface area contributed by atoms with Crippen LogP contribution in [-0.2, 0) is 6.42 Å². The van der Waals surface area contributed by atoms with E-state index in [-0.39, 0.29) is 0 Å². The normalized spacial score (nSPS) is 10.4. The van der Waals surface area contributed by atoms with Crippen LogP contribution in [0.1, 0.15) is 38.2 Å². The fraction of sp³-hybridized carbons (Fsp3) is 0.500. The number of aromatic hydroxyl groups is 1. The molecule has 1 N–H and O–H groups in total. The van der Waals surface area contributed by atoms with Gasteiger partial charge in [-0.1, -0.05) is 42.1 Å². The summed E-state index contributed by atoms with van der Waals surface area (Å²) in [4.78, 5) is 0. The lowest BCUT2D eigenvalue weighted by atomic mass is 10.1. The van der Waals surface area contributed by atoms with Crippen LogP contribution in [0.15, 0.2) is 22.7 Å². The predicted molar refractivity (Wildman–Crippen MR) is 63.7 cm³/mol. The molecule has 0 heterocycles. The summed E-state index contributed by atoms with van der Waals surface area (Å²) in [5.41, 5.74) is 1.21. The first-order valence-corrected chi connectivity index (χ1v) is 6.00. The van der Waals surface area contributed by atoms with Gasteiger partial charge in [-0.3, -0.25) is 0 Å². The predicted octanol–water partition coefficient (Wildman–Crippen LogP) is 4.28. The van der Waals surface area contributed by atoms with E-state index in [9.17, 15) is 5.11 Å². The van der Waals surface area contributed by atoms with Gasteiger partial charge in [-0.15, -0.1) is 0 Å². The van der Waals surface area contributed by atoms with Gasteiger partial charge in [-0.25, -0.2) is 0 Å². The molecule has 0 spiro atoms. The van der Waals surface area contributed by atoms with Gasteiger partial charge in [0.2, 0.25) is 0 Å². The molecule has 0 aliphatic rings. The first-order chi connectivity index (χ1) is 6.74. The summed E-state index contributed by atoms with van der Waals surface area (Å²) in [6.07, 6.45) is 6.10. The smallest absolute Gasteiger partial charge is 0.115 e. The Balaban J connectivity index is 2.45. The molecule has 1 aromatic rings. The van der Waals surface area contributed by atoms with Crippen LogP contribution < -0.4 is 0 Å². The van der Waals surface area contributed by atoms with Gasteiger partial charge in [-0.05, 0) is 36.6 Å². The summed E-state index contributed by atoms with van der Waals surface area (Å²) in [6.45, 7) is 2.21. The lowest BCUT2D eigenvalue weighted by Gasteiger charge is -2.04. The summed E-state index contributed by atoms with van der Waals surface area (Å²) in [7, 11) is 0. The van der Waals surface area contributed by atoms with Crippen molar-refractivity contribution in [2.45, 2.75) is 39.0 Å². The van der Waals surface area contributed by atoms with Gasteiger partial charge in [0.15, 0.2) is 0 Å². The molecular weight excluding hydrogens is 240 g/mol. The molecule has 1 aromatic carbocycles. The van der Waals surface area contributed by atoms with E-state index in [4.69, 9.17) is 0 Å². The molecule has 0 radical (unpaired) electrons. The average molecular weight is 257 g/mol. The minimum atomic E-state index is 0.360. The van der Waals surface area contributed by atoms with Gasteiger partial charge in [0, 0.05) is 4.47 Å². The molecule has 0 bridgehead atoms. The Morgan fingerprint density at radius 3 is 2.71 bits per heavy atom. The van der Waals surface area contributed by atoms with Crippen LogP contribution in [0.3, 0.4) is 0 Å². The summed E-state index contributed by atoms with van der Waals surface area (Å²) >= 11 is 3.49. The highest BCUT2D eigenvalue weighted by molar-refractivity contribution is 9.10. The molecule has 0 saturated carbocycles. The van der Waals surface area contributed by atoms with E-state index in [0.29, 0.717) is 5.75 Å². The van der Waals surface area contributed by atoms with E-state index < -0.39 is 0 Å². The van der Waals surface area contributed by atoms with E-state index in [1.54, 1.807) is 6.07 Å². The van der Waals surface area contributed by atoms with Gasteiger partial charge in [-0.2, -0.15) is 0 Å². The zero-order valence-corrected chi connectivity index (χ0v) is 10.2. The van der Waals surface area contributed by atoms with Gasteiger partial charge >= 0.3 is 0 Å². The highest BCUT2D eigenvalue weighted by Gasteiger charge is 2.00. The van der Waals surface area contributed by atoms with Crippen LogP contribution in [0.25, 0.3) is 0 Å². The maximum atomic E-state index is 9.32. The van der Waals surface area contributed by atoms with Crippen molar-refractivity contribution in [1.82, 2.24) is 0 Å². The lowest BCUT2D eigenvalue weighted by molar-refractivity contribution is 0.474. The fourth-order valence-electron chi connectivity index (χ4n) is 1.49. The first-order valence-electron chi connectivity index (χ1n) is 5.21. The Morgan fingerprint density at radius 1 is 1.21 bits per heavy atom. The molecule has 2 heteroatoms. The minimum Gasteiger partial charge on any atom is -0.508 e. The SMILES string of the molecule is CCCCCCc1cc(O)ccc1Br. The molecule has 78 valence electrons. The Kier molecular flexibility index (Phi) is 5.02. The van der Waals surface area contributed by atoms with Gasteiger partial charge in [0.05, 0.1) is 0 Å². The molecule has 0 unspecified atom stereocenters. The number of halogens is 1. The van der Waals surface area contributed by atoms with E-state index in [0.717, 1.165) is 10.9 Å². The van der Waals surface area contributed by atoms with Crippen molar-refractivity contribution in [3.05, 3.63) is 28.2 Å². The zero-order valence-electron chi connectivity index (χ0n) is 8.59. The number of hydrogen-bond acceptors (Lipinski definition) is 1. The second kappa shape index (κ2) is 6.07. The third-order valence-corrected chi connectivity index (χ3v) is 3.10. The van der Waals surface area contributed by atoms with E-state index in [1.165, 1.54) is 31.2 Å². The van der Waals surface area contributed by atoms with Crippen molar-refractivity contribution in [2.24, 2.45) is 0 Å². The van der Waals surface area contributed by atoms with Crippen molar-refractivity contribution in [1.29, 1.82) is 0 Å². The Morgan fingerprint density at radius 2 is 2.00 bits per heavy atom. The number of benzene rings is 1. The standard InChI is InChI=1S/C12H17BrO/c1-2-3-4-5-6-10-9-11(14)7-8-12(10)13/h7-9,14H,2-6H2,1H3. The quantitative estimate of drug-likeness (QED) is 0.780. The second-order valence-corrected chi connectivity index (χ2v) is 4.44. The first kappa shape index (κ1) is 11.6. The van der Waals surface area contributed by atoms with Crippen molar-refractivity contribution in [3.8, 4) is 5.75 Å². The van der Waals surface area contributed by atoms with Crippen LogP contribution in [0.2, 0.25) is 0 Å². The Labute approximate surface area is 94.3 Å². The van der Waals surface area contributed by atoms with Crippen molar-refractivity contribution in [3.63, 3.8) is 0 Å². The van der Waals surface area contributed by atoms with Gasteiger partial charge in [0.25, 0.3) is 0 Å². The van der Waals surface area contributed by atoms with Crippen molar-refractivity contribution < 1.29 is 5.11 Å². The largest absolute Gasteiger partial charge is 0.508 e. The van der Waals surface area contributed by atoms with Gasteiger partial charge < -0.3 is 5.11 Å². The number of phenolic OH excluding ortho intramolecular Hbond substituents is 1. The summed E-state index contributed by atoms with van der Waals surface area (Å²) in [5.74, 6) is 0.360. The molecule has 14 heavy (non-hydrogen) atoms. The third kappa shape index (κ3) is 3.70. The highest BCUT2D eigenvalue weighted by Crippen LogP contribution is 2.23. The lowest BCUT2D eigenvalue weighted by Crippen LogP contribution is -1.87. The zero-order chi connectivity index (χ0) is 10.4. The van der Waals surface area contributed by atoms with E-state index in [2.05, 4.69) is 22.9 Å². The Hall–Kier alpha value is -0.500. The molecule has 0 amide bonds. The van der Waals surface area contributed by atoms with Crippen LogP contribution in [0.5, 0.6) is 5.75 Å². The topological polar surface area (TPSA) is 20.2 Å². The molecule has 0 aliphatic carbocycles. The van der Waals surface area contributed by atoms with Gasteiger partial charge in [0.1, 0.15) is 5.75 Å². The van der Waals surface area contributed by atoms with E-state index >= 15 is 0 Å². The molecule has 1 nitrogen and oxygen atoms in total. The maximum Gasteiger partial charge on any atom is 0.115 e. The van der Waals surface area contributed by atoms with Crippen molar-refractivity contribution >= 4 is 15.9 Å². The number of rotatable bonds is 5. The second-order valence-electron chi connectivity index (χ2n) is 3.59. The number of phenols is 1. The molecule has 0 atom stereocenters. The molecule has 0 aliphatic heterocycles. The number of aryl methyl sites for hydroxylation is 1. The molecule has 0 aromatic heterocycles. The number of unbranched alkanes of at least 4 members (excludes halogenated alkanes) is 3. The molecule has 0 fully saturated rings. The van der Waals surface area contributed by atoms with Crippen LogP contribution in [-0.4, -0.2) is 5.11 Å². The molecule has 0 saturated heterocycles. The molecular formula is C12H17BrO. The monoisotopic (exact) mass is 256 g/mol. The van der Waals surface area contributed by atoms with Crippen LogP contribution in [0.4, 0.5) is 0 Å². The summed E-state index contributed by atoms with van der Waals surface area (Å²) < 4.78 is 1.10. The van der Waals surface area contributed by atoms with E-state index in [1.807, 2.05) is 12.1 Å². The van der Waals surface area contributed by atoms with Crippen molar-refractivity contribution in [2.75, 3.05) is 0 Å². The number of hydrogen-bond donors (Lipinski definition) is 1. The summed E-state index contributed by atoms with van der Waals surface area (Å²) in [5, 5.41) is 9.32. The van der Waals surface area contributed by atoms with Crippen LogP contribution >= 0.6 is 15.9 Å². The average Bonchev–Trinajstić information content (AvgIpc) is 2.18. The maximum absolute atomic E-state index is 9.32. The minimum absolute atomic E-state index is 0.360. The van der Waals surface area contributed by atoms with Crippen LogP contribution in [0, 0.1) is 0 Å². The third-order valence-electron chi connectivity index (χ3n) is 2.33.